The van der Waals surface area contributed by atoms with E-state index in [1.807, 2.05) is 24.3 Å². The van der Waals surface area contributed by atoms with Gasteiger partial charge in [-0.25, -0.2) is 4.39 Å². The predicted octanol–water partition coefficient (Wildman–Crippen LogP) is 4.60. The molecule has 0 saturated heterocycles. The molecule has 132 valence electrons. The molecule has 0 aliphatic heterocycles. The first kappa shape index (κ1) is 16.8. The number of rotatable bonds is 5. The van der Waals surface area contributed by atoms with Crippen LogP contribution in [0.4, 0.5) is 10.1 Å². The molecule has 1 aliphatic rings. The average Bonchev–Trinajstić information content (AvgIpc) is 3.47. The maximum absolute atomic E-state index is 13.3. The number of ether oxygens (including phenoxy) is 1. The second-order valence-electron chi connectivity index (χ2n) is 6.23. The van der Waals surface area contributed by atoms with Gasteiger partial charge in [0.05, 0.1) is 10.7 Å². The molecule has 1 saturated carbocycles. The molecule has 3 aromatic rings. The number of hydrogen-bond donors (Lipinski definition) is 0. The second-order valence-corrected chi connectivity index (χ2v) is 6.64. The smallest absolute Gasteiger partial charge is 0.265 e. The molecule has 6 heteroatoms. The van der Waals surface area contributed by atoms with Gasteiger partial charge in [0.15, 0.2) is 6.61 Å². The molecule has 1 aromatic heterocycles. The van der Waals surface area contributed by atoms with Crippen LogP contribution in [0.3, 0.4) is 0 Å². The lowest BCUT2D eigenvalue weighted by Gasteiger charge is -2.24. The molecule has 1 heterocycles. The van der Waals surface area contributed by atoms with Gasteiger partial charge in [0.1, 0.15) is 11.6 Å². The highest BCUT2D eigenvalue weighted by molar-refractivity contribution is 6.33. The van der Waals surface area contributed by atoms with Crippen molar-refractivity contribution in [1.82, 2.24) is 4.98 Å². The van der Waals surface area contributed by atoms with Crippen molar-refractivity contribution in [3.63, 3.8) is 0 Å². The number of amides is 1. The van der Waals surface area contributed by atoms with Crippen LogP contribution < -0.4 is 9.64 Å². The van der Waals surface area contributed by atoms with Crippen molar-refractivity contribution in [1.29, 1.82) is 0 Å². The standard InChI is InChI=1S/C20H16ClFN2O2/c21-17-10-14(22)4-7-18(17)24(15-5-6-15)20(25)12-26-19-3-1-2-13-11-23-9-8-16(13)19/h1-4,7-11,15H,5-6,12H2. The van der Waals surface area contributed by atoms with Gasteiger partial charge in [-0.15, -0.1) is 0 Å². The van der Waals surface area contributed by atoms with Crippen LogP contribution in [0.2, 0.25) is 5.02 Å². The van der Waals surface area contributed by atoms with E-state index in [1.165, 1.54) is 18.2 Å². The number of halogens is 2. The molecule has 4 rings (SSSR count). The van der Waals surface area contributed by atoms with Gasteiger partial charge in [-0.1, -0.05) is 23.7 Å². The van der Waals surface area contributed by atoms with Gasteiger partial charge < -0.3 is 9.64 Å². The van der Waals surface area contributed by atoms with E-state index in [2.05, 4.69) is 4.98 Å². The summed E-state index contributed by atoms with van der Waals surface area (Å²) in [5.74, 6) is -0.00571. The summed E-state index contributed by atoms with van der Waals surface area (Å²) in [5.41, 5.74) is 0.520. The second kappa shape index (κ2) is 6.92. The van der Waals surface area contributed by atoms with E-state index in [-0.39, 0.29) is 23.6 Å². The van der Waals surface area contributed by atoms with Crippen molar-refractivity contribution in [3.05, 3.63) is 65.7 Å². The van der Waals surface area contributed by atoms with Crippen molar-refractivity contribution in [2.24, 2.45) is 0 Å². The molecule has 0 radical (unpaired) electrons. The Kier molecular flexibility index (Phi) is 4.47. The van der Waals surface area contributed by atoms with E-state index in [4.69, 9.17) is 16.3 Å². The zero-order chi connectivity index (χ0) is 18.1. The molecule has 1 fully saturated rings. The zero-order valence-corrected chi connectivity index (χ0v) is 14.6. The fourth-order valence-electron chi connectivity index (χ4n) is 2.97. The summed E-state index contributed by atoms with van der Waals surface area (Å²) in [7, 11) is 0. The Bertz CT molecular complexity index is 970. The number of hydrogen-bond acceptors (Lipinski definition) is 3. The van der Waals surface area contributed by atoms with E-state index in [0.717, 1.165) is 23.6 Å². The summed E-state index contributed by atoms with van der Waals surface area (Å²) >= 11 is 6.15. The molecule has 1 aliphatic carbocycles. The fraction of sp³-hybridized carbons (Fsp3) is 0.200. The average molecular weight is 371 g/mol. The first-order valence-corrected chi connectivity index (χ1v) is 8.74. The van der Waals surface area contributed by atoms with Crippen molar-refractivity contribution in [3.8, 4) is 5.75 Å². The highest BCUT2D eigenvalue weighted by Gasteiger charge is 2.35. The summed E-state index contributed by atoms with van der Waals surface area (Å²) in [4.78, 5) is 18.5. The minimum Gasteiger partial charge on any atom is -0.483 e. The summed E-state index contributed by atoms with van der Waals surface area (Å²) in [6.45, 7) is -0.119. The number of pyridine rings is 1. The van der Waals surface area contributed by atoms with E-state index in [9.17, 15) is 9.18 Å². The Hall–Kier alpha value is -2.66. The number of fused-ring (bicyclic) bond motifs is 1. The predicted molar refractivity (Wildman–Crippen MR) is 99.2 cm³/mol. The van der Waals surface area contributed by atoms with E-state index < -0.39 is 5.82 Å². The van der Waals surface area contributed by atoms with E-state index in [0.29, 0.717) is 11.4 Å². The topological polar surface area (TPSA) is 42.4 Å². The molecule has 0 bridgehead atoms. The van der Waals surface area contributed by atoms with Gasteiger partial charge in [0.2, 0.25) is 0 Å². The summed E-state index contributed by atoms with van der Waals surface area (Å²) < 4.78 is 19.1. The van der Waals surface area contributed by atoms with Crippen molar-refractivity contribution < 1.29 is 13.9 Å². The minimum absolute atomic E-state index is 0.0887. The number of carbonyl (C=O) groups excluding carboxylic acids is 1. The summed E-state index contributed by atoms with van der Waals surface area (Å²) in [5, 5.41) is 2.06. The molecule has 0 N–H and O–H groups in total. The molecular weight excluding hydrogens is 355 g/mol. The SMILES string of the molecule is O=C(COc1cccc2cnccc12)N(c1ccc(F)cc1Cl)C1CC1. The lowest BCUT2D eigenvalue weighted by Crippen LogP contribution is -2.37. The largest absolute Gasteiger partial charge is 0.483 e. The maximum atomic E-state index is 13.3. The normalized spacial score (nSPS) is 13.6. The van der Waals surface area contributed by atoms with Gasteiger partial charge in [-0.3, -0.25) is 9.78 Å². The Labute approximate surface area is 155 Å². The van der Waals surface area contributed by atoms with Crippen LogP contribution in [0.25, 0.3) is 10.8 Å². The van der Waals surface area contributed by atoms with Crippen LogP contribution in [-0.2, 0) is 4.79 Å². The summed E-state index contributed by atoms with van der Waals surface area (Å²) in [6, 6.07) is 11.6. The number of benzene rings is 2. The molecule has 1 amide bonds. The Morgan fingerprint density at radius 1 is 1.27 bits per heavy atom. The van der Waals surface area contributed by atoms with Gasteiger partial charge in [-0.05, 0) is 43.2 Å². The van der Waals surface area contributed by atoms with Gasteiger partial charge in [0, 0.05) is 29.2 Å². The van der Waals surface area contributed by atoms with E-state index in [1.54, 1.807) is 17.3 Å². The number of anilines is 1. The van der Waals surface area contributed by atoms with Crippen molar-refractivity contribution in [2.45, 2.75) is 18.9 Å². The third-order valence-corrected chi connectivity index (χ3v) is 4.64. The molecule has 26 heavy (non-hydrogen) atoms. The van der Waals surface area contributed by atoms with Crippen molar-refractivity contribution >= 4 is 34.0 Å². The van der Waals surface area contributed by atoms with Crippen LogP contribution in [0, 0.1) is 5.82 Å². The first-order chi connectivity index (χ1) is 12.6. The molecule has 0 spiro atoms. The number of nitrogens with zero attached hydrogens (tertiary/aromatic N) is 2. The highest BCUT2D eigenvalue weighted by Crippen LogP contribution is 2.36. The van der Waals surface area contributed by atoms with Crippen LogP contribution in [0.1, 0.15) is 12.8 Å². The number of carbonyl (C=O) groups is 1. The Morgan fingerprint density at radius 2 is 2.12 bits per heavy atom. The molecule has 0 atom stereocenters. The molecule has 2 aromatic carbocycles. The minimum atomic E-state index is -0.428. The number of aromatic nitrogens is 1. The third kappa shape index (κ3) is 3.35. The molecule has 0 unspecified atom stereocenters. The highest BCUT2D eigenvalue weighted by atomic mass is 35.5. The zero-order valence-electron chi connectivity index (χ0n) is 13.9. The first-order valence-electron chi connectivity index (χ1n) is 8.36. The van der Waals surface area contributed by atoms with Crippen LogP contribution in [-0.4, -0.2) is 23.5 Å². The third-order valence-electron chi connectivity index (χ3n) is 4.34. The monoisotopic (exact) mass is 370 g/mol. The molecule has 4 nitrogen and oxygen atoms in total. The van der Waals surface area contributed by atoms with Crippen molar-refractivity contribution in [2.75, 3.05) is 11.5 Å². The Balaban J connectivity index is 1.56. The molecular formula is C20H16ClFN2O2. The lowest BCUT2D eigenvalue weighted by molar-refractivity contribution is -0.120. The Morgan fingerprint density at radius 3 is 2.88 bits per heavy atom. The quantitative estimate of drug-likeness (QED) is 0.659. The van der Waals surface area contributed by atoms with Crippen LogP contribution in [0.15, 0.2) is 54.9 Å². The lowest BCUT2D eigenvalue weighted by atomic mass is 10.1. The maximum Gasteiger partial charge on any atom is 0.265 e. The van der Waals surface area contributed by atoms with Crippen LogP contribution >= 0.6 is 11.6 Å². The fourth-order valence-corrected chi connectivity index (χ4v) is 3.23. The van der Waals surface area contributed by atoms with Gasteiger partial charge >= 0.3 is 0 Å². The van der Waals surface area contributed by atoms with Gasteiger partial charge in [-0.2, -0.15) is 0 Å². The van der Waals surface area contributed by atoms with Gasteiger partial charge in [0.25, 0.3) is 5.91 Å². The van der Waals surface area contributed by atoms with Crippen LogP contribution in [0.5, 0.6) is 5.75 Å². The summed E-state index contributed by atoms with van der Waals surface area (Å²) in [6.07, 6.45) is 5.24. The van der Waals surface area contributed by atoms with E-state index >= 15 is 0 Å².